The predicted octanol–water partition coefficient (Wildman–Crippen LogP) is 6.35. The molecule has 4 aromatic rings. The molecule has 2 aromatic carbocycles. The van der Waals surface area contributed by atoms with E-state index in [9.17, 15) is 9.59 Å². The Balaban J connectivity index is 1.88. The maximum atomic E-state index is 13.8. The Bertz CT molecular complexity index is 1320. The summed E-state index contributed by atoms with van der Waals surface area (Å²) in [6.45, 7) is 6.49. The number of rotatable bonds is 10. The van der Waals surface area contributed by atoms with Gasteiger partial charge >= 0.3 is 0 Å². The second kappa shape index (κ2) is 11.2. The van der Waals surface area contributed by atoms with Crippen molar-refractivity contribution >= 4 is 16.8 Å². The highest BCUT2D eigenvalue weighted by atomic mass is 16.3. The van der Waals surface area contributed by atoms with Crippen LogP contribution >= 0.6 is 0 Å². The molecule has 0 aliphatic rings. The lowest BCUT2D eigenvalue weighted by atomic mass is 10.1. The first-order chi connectivity index (χ1) is 17.0. The van der Waals surface area contributed by atoms with Gasteiger partial charge in [0.15, 0.2) is 0 Å². The van der Waals surface area contributed by atoms with E-state index in [2.05, 4.69) is 6.92 Å². The molecule has 0 radical (unpaired) electrons. The molecule has 0 fully saturated rings. The minimum absolute atomic E-state index is 0.0413. The number of amides is 1. The fourth-order valence-corrected chi connectivity index (χ4v) is 4.47. The molecule has 0 saturated heterocycles. The maximum Gasteiger partial charge on any atom is 0.266 e. The van der Waals surface area contributed by atoms with Crippen LogP contribution in [0.5, 0.6) is 0 Å². The van der Waals surface area contributed by atoms with E-state index in [1.807, 2.05) is 73.3 Å². The molecule has 2 aromatic heterocycles. The summed E-state index contributed by atoms with van der Waals surface area (Å²) in [4.78, 5) is 34.1. The standard InChI is InChI=1S/C29H33N3O3/c1-4-6-7-14-27(33)31(20-23-11-10-19-35-23)26(5-2)28-30-25-13-9-8-12-24(25)29(34)32(28)22-17-15-21(3)16-18-22/h8-13,15-19,26H,4-7,14,20H2,1-3H3. The van der Waals surface area contributed by atoms with Gasteiger partial charge in [-0.2, -0.15) is 0 Å². The summed E-state index contributed by atoms with van der Waals surface area (Å²) in [7, 11) is 0. The van der Waals surface area contributed by atoms with Gasteiger partial charge in [-0.05, 0) is 56.2 Å². The number of hydrogen-bond donors (Lipinski definition) is 0. The van der Waals surface area contributed by atoms with E-state index in [0.717, 1.165) is 30.5 Å². The van der Waals surface area contributed by atoms with Crippen molar-refractivity contribution in [2.24, 2.45) is 0 Å². The van der Waals surface area contributed by atoms with Gasteiger partial charge in [0, 0.05) is 6.42 Å². The second-order valence-corrected chi connectivity index (χ2v) is 8.95. The van der Waals surface area contributed by atoms with Gasteiger partial charge in [-0.3, -0.25) is 14.2 Å². The molecule has 35 heavy (non-hydrogen) atoms. The summed E-state index contributed by atoms with van der Waals surface area (Å²) < 4.78 is 7.28. The van der Waals surface area contributed by atoms with Crippen molar-refractivity contribution in [1.29, 1.82) is 0 Å². The van der Waals surface area contributed by atoms with Crippen molar-refractivity contribution in [3.05, 3.63) is 94.4 Å². The van der Waals surface area contributed by atoms with Crippen molar-refractivity contribution in [3.63, 3.8) is 0 Å². The van der Waals surface area contributed by atoms with Crippen LogP contribution in [0.15, 0.2) is 76.1 Å². The van der Waals surface area contributed by atoms with Gasteiger partial charge in [-0.25, -0.2) is 4.98 Å². The molecule has 1 amide bonds. The Morgan fingerprint density at radius 3 is 2.49 bits per heavy atom. The van der Waals surface area contributed by atoms with E-state index in [4.69, 9.17) is 9.40 Å². The van der Waals surface area contributed by atoms with Gasteiger partial charge in [-0.1, -0.05) is 56.5 Å². The third-order valence-corrected chi connectivity index (χ3v) is 6.38. The van der Waals surface area contributed by atoms with Crippen LogP contribution in [0.3, 0.4) is 0 Å². The summed E-state index contributed by atoms with van der Waals surface area (Å²) >= 11 is 0. The van der Waals surface area contributed by atoms with Gasteiger partial charge in [0.25, 0.3) is 5.56 Å². The average molecular weight is 472 g/mol. The zero-order chi connectivity index (χ0) is 24.8. The molecule has 1 unspecified atom stereocenters. The second-order valence-electron chi connectivity index (χ2n) is 8.95. The SMILES string of the molecule is CCCCCC(=O)N(Cc1ccco1)C(CC)c1nc2ccccc2c(=O)n1-c1ccc(C)cc1. The minimum Gasteiger partial charge on any atom is -0.467 e. The van der Waals surface area contributed by atoms with Crippen molar-refractivity contribution in [1.82, 2.24) is 14.5 Å². The summed E-state index contributed by atoms with van der Waals surface area (Å²) in [5.41, 5.74) is 2.34. The molecule has 6 heteroatoms. The predicted molar refractivity (Wildman–Crippen MR) is 139 cm³/mol. The zero-order valence-corrected chi connectivity index (χ0v) is 20.7. The van der Waals surface area contributed by atoms with Gasteiger partial charge in [0.2, 0.25) is 5.91 Å². The molecule has 0 saturated carbocycles. The molecule has 182 valence electrons. The number of aryl methyl sites for hydroxylation is 1. The average Bonchev–Trinajstić information content (AvgIpc) is 3.38. The van der Waals surface area contributed by atoms with Crippen LogP contribution in [0, 0.1) is 6.92 Å². The summed E-state index contributed by atoms with van der Waals surface area (Å²) in [6, 6.07) is 18.5. The lowest BCUT2D eigenvalue weighted by molar-refractivity contribution is -0.135. The molecule has 1 atom stereocenters. The monoisotopic (exact) mass is 471 g/mol. The number of unbranched alkanes of at least 4 members (excludes halogenated alkanes) is 2. The minimum atomic E-state index is -0.396. The highest BCUT2D eigenvalue weighted by Gasteiger charge is 2.29. The number of benzene rings is 2. The molecular weight excluding hydrogens is 438 g/mol. The molecular formula is C29H33N3O3. The number of hydrogen-bond acceptors (Lipinski definition) is 4. The zero-order valence-electron chi connectivity index (χ0n) is 20.7. The highest BCUT2D eigenvalue weighted by Crippen LogP contribution is 2.29. The molecule has 2 heterocycles. The van der Waals surface area contributed by atoms with Gasteiger partial charge in [-0.15, -0.1) is 0 Å². The highest BCUT2D eigenvalue weighted by molar-refractivity contribution is 5.79. The van der Waals surface area contributed by atoms with Crippen LogP contribution in [-0.2, 0) is 11.3 Å². The Kier molecular flexibility index (Phi) is 7.80. The number of nitrogens with zero attached hydrogens (tertiary/aromatic N) is 3. The van der Waals surface area contributed by atoms with Gasteiger partial charge in [0.05, 0.1) is 35.4 Å². The third kappa shape index (κ3) is 5.37. The van der Waals surface area contributed by atoms with E-state index in [0.29, 0.717) is 41.9 Å². The topological polar surface area (TPSA) is 68.3 Å². The molecule has 6 nitrogen and oxygen atoms in total. The molecule has 4 rings (SSSR count). The number of furan rings is 1. The molecule has 0 spiro atoms. The molecule has 0 aliphatic heterocycles. The smallest absolute Gasteiger partial charge is 0.266 e. The lowest BCUT2D eigenvalue weighted by Gasteiger charge is -2.32. The lowest BCUT2D eigenvalue weighted by Crippen LogP contribution is -2.38. The number of para-hydroxylation sites is 1. The first-order valence-electron chi connectivity index (χ1n) is 12.4. The van der Waals surface area contributed by atoms with Gasteiger partial charge in [0.1, 0.15) is 11.6 Å². The molecule has 0 N–H and O–H groups in total. The third-order valence-electron chi connectivity index (χ3n) is 6.38. The Morgan fingerprint density at radius 2 is 1.80 bits per heavy atom. The van der Waals surface area contributed by atoms with E-state index in [-0.39, 0.29) is 11.5 Å². The Labute approximate surface area is 206 Å². The number of aromatic nitrogens is 2. The summed E-state index contributed by atoms with van der Waals surface area (Å²) in [5.74, 6) is 1.31. The fourth-order valence-electron chi connectivity index (χ4n) is 4.47. The largest absolute Gasteiger partial charge is 0.467 e. The molecule has 0 bridgehead atoms. The van der Waals surface area contributed by atoms with Crippen molar-refractivity contribution in [3.8, 4) is 5.69 Å². The summed E-state index contributed by atoms with van der Waals surface area (Å²) in [6.07, 6.45) is 5.55. The van der Waals surface area contributed by atoms with Crippen LogP contribution in [0.1, 0.15) is 69.1 Å². The quantitative estimate of drug-likeness (QED) is 0.253. The van der Waals surface area contributed by atoms with Crippen LogP contribution < -0.4 is 5.56 Å². The maximum absolute atomic E-state index is 13.8. The van der Waals surface area contributed by atoms with Crippen molar-refractivity contribution in [2.45, 2.75) is 65.5 Å². The van der Waals surface area contributed by atoms with E-state index in [1.54, 1.807) is 16.9 Å². The van der Waals surface area contributed by atoms with Crippen molar-refractivity contribution < 1.29 is 9.21 Å². The first kappa shape index (κ1) is 24.5. The van der Waals surface area contributed by atoms with Crippen LogP contribution in [0.4, 0.5) is 0 Å². The Hall–Kier alpha value is -3.67. The van der Waals surface area contributed by atoms with E-state index < -0.39 is 6.04 Å². The normalized spacial score (nSPS) is 12.1. The molecule has 0 aliphatic carbocycles. The first-order valence-corrected chi connectivity index (χ1v) is 12.4. The van der Waals surface area contributed by atoms with E-state index >= 15 is 0 Å². The fraction of sp³-hybridized carbons (Fsp3) is 0.345. The number of carbonyl (C=O) groups is 1. The number of fused-ring (bicyclic) bond motifs is 1. The van der Waals surface area contributed by atoms with Gasteiger partial charge < -0.3 is 9.32 Å². The number of carbonyl (C=O) groups excluding carboxylic acids is 1. The summed E-state index contributed by atoms with van der Waals surface area (Å²) in [5, 5.41) is 0.554. The Morgan fingerprint density at radius 1 is 1.03 bits per heavy atom. The van der Waals surface area contributed by atoms with Crippen LogP contribution in [0.25, 0.3) is 16.6 Å². The van der Waals surface area contributed by atoms with Crippen LogP contribution in [0.2, 0.25) is 0 Å². The van der Waals surface area contributed by atoms with Crippen LogP contribution in [-0.4, -0.2) is 20.4 Å². The van der Waals surface area contributed by atoms with E-state index in [1.165, 1.54) is 0 Å². The van der Waals surface area contributed by atoms with Crippen molar-refractivity contribution in [2.75, 3.05) is 0 Å².